The van der Waals surface area contributed by atoms with Gasteiger partial charge in [0.05, 0.1) is 16.5 Å². The summed E-state index contributed by atoms with van der Waals surface area (Å²) in [6.45, 7) is 11.4. The molecule has 2 heteroatoms. The quantitative estimate of drug-likeness (QED) is 0.0838. The van der Waals surface area contributed by atoms with Crippen LogP contribution < -0.4 is 9.80 Å². The lowest BCUT2D eigenvalue weighted by atomic mass is 9.69. The number of fused-ring (bicyclic) bond motifs is 32. The van der Waals surface area contributed by atoms with E-state index in [2.05, 4.69) is 498 Å². The smallest absolute Gasteiger partial charge is 0.0725 e. The van der Waals surface area contributed by atoms with E-state index in [1.165, 1.54) is 209 Å². The molecule has 0 fully saturated rings. The third-order valence-electron chi connectivity index (χ3n) is 30.7. The first kappa shape index (κ1) is 77.2. The van der Waals surface area contributed by atoms with Crippen LogP contribution in [-0.4, -0.2) is 0 Å². The minimum atomic E-state index is -0.623. The fraction of sp³-hybridized carbons (Fsp3) is 0.0455. The number of hydrogen-bond acceptors (Lipinski definition) is 2. The standard InChI is InChI=1S/C132H88N2/c1-5-6-42-119-82(2)97-30-16-23-44-121(97)131(119)125-74-60-89(76-118(125)114-70-59-91(78-128(114)131)86-55-63-93(64-56-86)134(129-48-27-21-31-98(129)87-51-49-84(50-52-87)83-28-8-7-9-29-83)95-66-72-106-101-34-11-10-32-99(101)100-33-12-13-35-102(100)117(106)80-95)88-57-68-105-107-71-65-94(79-116(107)104-37-15-14-36-103(104)115(105)75-88)133(96-67-73-112-108-38-17-22-43-120(108)130(3,4)126(112)81-96)92-61-53-85(54-62-92)90-58-69-113-111-41-20-26-47-124(111)132(127(113)77-90)122-45-24-18-39-109(122)110-40-19-25-46-123(110)132/h5-81H,1H2,2-4H3/b42-6-. The fourth-order valence-electron chi connectivity index (χ4n) is 24.7. The molecule has 626 valence electrons. The number of allylic oxidation sites excluding steroid dienone is 5. The number of rotatable bonds is 13. The lowest BCUT2D eigenvalue weighted by molar-refractivity contribution is 0.660. The maximum Gasteiger partial charge on any atom is 0.0725 e. The van der Waals surface area contributed by atoms with Crippen molar-refractivity contribution in [3.63, 3.8) is 0 Å². The maximum absolute atomic E-state index is 4.26. The molecule has 2 spiro atoms. The molecule has 5 aliphatic rings. The second-order valence-corrected chi connectivity index (χ2v) is 37.6. The second kappa shape index (κ2) is 29.6. The Kier molecular flexibility index (Phi) is 17.1. The Morgan fingerprint density at radius 2 is 0.522 bits per heavy atom. The van der Waals surface area contributed by atoms with Crippen molar-refractivity contribution < 1.29 is 0 Å². The van der Waals surface area contributed by atoms with Gasteiger partial charge in [-0.3, -0.25) is 0 Å². The highest BCUT2D eigenvalue weighted by molar-refractivity contribution is 6.28. The van der Waals surface area contributed by atoms with E-state index in [0.29, 0.717) is 0 Å². The van der Waals surface area contributed by atoms with Crippen molar-refractivity contribution >= 4 is 104 Å². The van der Waals surface area contributed by atoms with Gasteiger partial charge in [-0.15, -0.1) is 0 Å². The van der Waals surface area contributed by atoms with E-state index in [1.807, 2.05) is 6.08 Å². The summed E-state index contributed by atoms with van der Waals surface area (Å²) in [6.07, 6.45) is 6.39. The zero-order chi connectivity index (χ0) is 88.8. The zero-order valence-electron chi connectivity index (χ0n) is 74.6. The van der Waals surface area contributed by atoms with Crippen LogP contribution in [0.2, 0.25) is 0 Å². The summed E-state index contributed by atoms with van der Waals surface area (Å²) in [5, 5.41) is 14.8. The van der Waals surface area contributed by atoms with Crippen molar-refractivity contribution in [2.75, 3.05) is 9.80 Å². The average molecular weight is 1700 g/mol. The number of nitrogens with zero attached hydrogens (tertiary/aromatic N) is 2. The van der Waals surface area contributed by atoms with Crippen LogP contribution in [0.5, 0.6) is 0 Å². The van der Waals surface area contributed by atoms with E-state index < -0.39 is 10.8 Å². The molecular formula is C132H88N2. The first-order valence-corrected chi connectivity index (χ1v) is 46.9. The van der Waals surface area contributed by atoms with Gasteiger partial charge in [-0.05, 0) is 324 Å². The fourth-order valence-corrected chi connectivity index (χ4v) is 24.7. The number of benzene rings is 22. The van der Waals surface area contributed by atoms with Gasteiger partial charge >= 0.3 is 0 Å². The highest BCUT2D eigenvalue weighted by Gasteiger charge is 2.54. The van der Waals surface area contributed by atoms with Crippen molar-refractivity contribution in [2.24, 2.45) is 0 Å². The second-order valence-electron chi connectivity index (χ2n) is 37.6. The third-order valence-corrected chi connectivity index (χ3v) is 30.7. The molecule has 0 N–H and O–H groups in total. The van der Waals surface area contributed by atoms with Crippen LogP contribution in [0.1, 0.15) is 76.4 Å². The molecule has 27 rings (SSSR count). The van der Waals surface area contributed by atoms with Crippen LogP contribution in [0, 0.1) is 0 Å². The molecule has 0 aliphatic heterocycles. The highest BCUT2D eigenvalue weighted by atomic mass is 15.1. The minimum Gasteiger partial charge on any atom is -0.310 e. The molecule has 1 atom stereocenters. The number of hydrogen-bond donors (Lipinski definition) is 0. The summed E-state index contributed by atoms with van der Waals surface area (Å²) < 4.78 is 0. The van der Waals surface area contributed by atoms with Crippen molar-refractivity contribution in [3.8, 4) is 100 Å². The molecule has 22 aromatic rings. The van der Waals surface area contributed by atoms with Crippen LogP contribution >= 0.6 is 0 Å². The molecule has 2 nitrogen and oxygen atoms in total. The molecule has 5 aliphatic carbocycles. The van der Waals surface area contributed by atoms with Crippen LogP contribution in [0.4, 0.5) is 34.1 Å². The Hall–Kier alpha value is -16.8. The summed E-state index contributed by atoms with van der Waals surface area (Å²) in [5.74, 6) is 0. The minimum absolute atomic E-state index is 0.203. The normalized spacial score (nSPS) is 14.6. The highest BCUT2D eigenvalue weighted by Crippen LogP contribution is 2.66. The Balaban J connectivity index is 0.569. The van der Waals surface area contributed by atoms with E-state index in [4.69, 9.17) is 0 Å². The van der Waals surface area contributed by atoms with Crippen molar-refractivity contribution in [1.29, 1.82) is 0 Å². The first-order valence-electron chi connectivity index (χ1n) is 46.9. The summed E-state index contributed by atoms with van der Waals surface area (Å²) >= 11 is 0. The predicted octanol–water partition coefficient (Wildman–Crippen LogP) is 35.4. The lowest BCUT2D eigenvalue weighted by Gasteiger charge is -2.32. The number of para-hydroxylation sites is 1. The van der Waals surface area contributed by atoms with E-state index >= 15 is 0 Å². The molecule has 0 radical (unpaired) electrons. The van der Waals surface area contributed by atoms with Crippen molar-refractivity contribution in [2.45, 2.75) is 37.0 Å². The summed E-state index contributed by atoms with van der Waals surface area (Å²) in [6, 6.07) is 170. The molecule has 0 saturated carbocycles. The largest absolute Gasteiger partial charge is 0.310 e. The van der Waals surface area contributed by atoms with Crippen molar-refractivity contribution in [3.05, 3.63) is 535 Å². The SMILES string of the molecule is C=C/C=C\C1=C(C)c2ccccc2C12c1ccc(-c3ccc4c5ccc(N(c6ccc(-c7ccc8c(c7)C7(c9ccccc9-c9ccccc97)c7ccccc7-8)cc6)c6ccc7c(c6)C(C)(C)c6ccccc6-7)cc5c5ccccc5c4c3)cc1-c1ccc(-c3ccc(N(c4ccc5c6ccccc6c6ccccc6c5c4)c4ccccc4-c4ccc(-c5ccccc5)cc4)cc3)cc12. The Morgan fingerprint density at radius 1 is 0.201 bits per heavy atom. The molecule has 0 amide bonds. The summed E-state index contributed by atoms with van der Waals surface area (Å²) in [5.41, 5.74) is 43.0. The Bertz CT molecular complexity index is 8740. The Labute approximate surface area is 780 Å². The molecule has 134 heavy (non-hydrogen) atoms. The van der Waals surface area contributed by atoms with Crippen LogP contribution in [0.3, 0.4) is 0 Å². The molecular weight excluding hydrogens is 1610 g/mol. The van der Waals surface area contributed by atoms with Gasteiger partial charge in [0.1, 0.15) is 0 Å². The van der Waals surface area contributed by atoms with E-state index in [0.717, 1.165) is 56.4 Å². The topological polar surface area (TPSA) is 6.48 Å². The van der Waals surface area contributed by atoms with Gasteiger partial charge in [0.2, 0.25) is 0 Å². The van der Waals surface area contributed by atoms with Gasteiger partial charge in [-0.2, -0.15) is 0 Å². The summed E-state index contributed by atoms with van der Waals surface area (Å²) in [4.78, 5) is 4.97. The van der Waals surface area contributed by atoms with Gasteiger partial charge in [0.25, 0.3) is 0 Å². The molecule has 0 heterocycles. The van der Waals surface area contributed by atoms with Crippen LogP contribution in [0.15, 0.2) is 479 Å². The Morgan fingerprint density at radius 3 is 1.08 bits per heavy atom. The lowest BCUT2D eigenvalue weighted by Crippen LogP contribution is -2.26. The molecule has 1 unspecified atom stereocenters. The van der Waals surface area contributed by atoms with E-state index in [-0.39, 0.29) is 5.41 Å². The van der Waals surface area contributed by atoms with Crippen molar-refractivity contribution in [1.82, 2.24) is 0 Å². The van der Waals surface area contributed by atoms with Crippen LogP contribution in [0.25, 0.3) is 170 Å². The molecule has 0 saturated heterocycles. The van der Waals surface area contributed by atoms with Gasteiger partial charge in [0.15, 0.2) is 0 Å². The van der Waals surface area contributed by atoms with Gasteiger partial charge in [0, 0.05) is 39.4 Å². The molecule has 0 aromatic heterocycles. The average Bonchev–Trinajstić information content (AvgIpc) is 1.51. The predicted molar refractivity (Wildman–Crippen MR) is 566 cm³/mol. The van der Waals surface area contributed by atoms with Gasteiger partial charge in [-0.25, -0.2) is 0 Å². The van der Waals surface area contributed by atoms with Crippen LogP contribution in [-0.2, 0) is 16.2 Å². The van der Waals surface area contributed by atoms with E-state index in [9.17, 15) is 0 Å². The monoisotopic (exact) mass is 1700 g/mol. The number of anilines is 6. The molecule has 0 bridgehead atoms. The van der Waals surface area contributed by atoms with Gasteiger partial charge < -0.3 is 9.80 Å². The maximum atomic E-state index is 4.26. The first-order chi connectivity index (χ1) is 66.1. The molecule has 22 aromatic carbocycles. The van der Waals surface area contributed by atoms with Gasteiger partial charge in [-0.1, -0.05) is 397 Å². The zero-order valence-corrected chi connectivity index (χ0v) is 74.6. The third kappa shape index (κ3) is 11.1. The van der Waals surface area contributed by atoms with E-state index in [1.54, 1.807) is 0 Å². The summed E-state index contributed by atoms with van der Waals surface area (Å²) in [7, 11) is 0.